The Morgan fingerprint density at radius 3 is 2.73 bits per heavy atom. The molecule has 0 saturated heterocycles. The van der Waals surface area contributed by atoms with Gasteiger partial charge in [-0.1, -0.05) is 31.2 Å². The summed E-state index contributed by atoms with van der Waals surface area (Å²) in [7, 11) is 0.0232. The number of ether oxygens (including phenoxy) is 2. The molecule has 1 amide bonds. The summed E-state index contributed by atoms with van der Waals surface area (Å²) in [5, 5.41) is 6.07. The highest BCUT2D eigenvalue weighted by atomic mass is 35.5. The quantitative estimate of drug-likeness (QED) is 0.139. The van der Waals surface area contributed by atoms with Crippen LogP contribution in [0.5, 0.6) is 0 Å². The molecule has 0 aliphatic heterocycles. The van der Waals surface area contributed by atoms with E-state index in [1.807, 2.05) is 11.5 Å². The van der Waals surface area contributed by atoms with Gasteiger partial charge in [0.1, 0.15) is 24.1 Å². The van der Waals surface area contributed by atoms with Gasteiger partial charge in [-0.3, -0.25) is 0 Å². The van der Waals surface area contributed by atoms with Crippen molar-refractivity contribution < 1.29 is 18.7 Å². The smallest absolute Gasteiger partial charge is 0.407 e. The predicted octanol–water partition coefficient (Wildman–Crippen LogP) is 5.73. The highest BCUT2D eigenvalue weighted by molar-refractivity contribution is 6.76. The maximum Gasteiger partial charge on any atom is 0.407 e. The van der Waals surface area contributed by atoms with Crippen LogP contribution in [-0.2, 0) is 16.2 Å². The molecule has 0 spiro atoms. The molecule has 3 aromatic rings. The lowest BCUT2D eigenvalue weighted by Gasteiger charge is -2.18. The molecule has 4 rings (SSSR count). The lowest BCUT2D eigenvalue weighted by atomic mass is 10.1. The van der Waals surface area contributed by atoms with Crippen LogP contribution < -0.4 is 16.4 Å². The number of carbonyl (C=O) groups excluding carboxylic acids is 1. The van der Waals surface area contributed by atoms with Gasteiger partial charge in [0, 0.05) is 44.9 Å². The Morgan fingerprint density at radius 1 is 1.30 bits per heavy atom. The Kier molecular flexibility index (Phi) is 9.32. The predicted molar refractivity (Wildman–Crippen MR) is 158 cm³/mol. The van der Waals surface area contributed by atoms with Crippen molar-refractivity contribution in [3.8, 4) is 22.6 Å². The van der Waals surface area contributed by atoms with Gasteiger partial charge in [-0.25, -0.2) is 24.1 Å². The third-order valence-electron chi connectivity index (χ3n) is 6.49. The molecule has 1 atom stereocenters. The van der Waals surface area contributed by atoms with Crippen molar-refractivity contribution in [3.63, 3.8) is 0 Å². The van der Waals surface area contributed by atoms with Crippen LogP contribution in [0.4, 0.5) is 20.8 Å². The molecule has 0 bridgehead atoms. The van der Waals surface area contributed by atoms with Gasteiger partial charge in [0.05, 0.1) is 29.2 Å². The molecular weight excluding hydrogens is 553 g/mol. The van der Waals surface area contributed by atoms with Crippen LogP contribution in [0.1, 0.15) is 31.5 Å². The minimum Gasteiger partial charge on any atom is -0.453 e. The fourth-order valence-corrected chi connectivity index (χ4v) is 5.10. The number of hydrogen-bond acceptors (Lipinski definition) is 8. The first-order valence-electron chi connectivity index (χ1n) is 13.3. The summed E-state index contributed by atoms with van der Waals surface area (Å²) in [6.45, 7) is 10.0. The standard InChI is InChI=1S/C27H37ClFN7O3Si/c1-16(33-27(37)38-2)14-32-26-31-9-8-21(34-26)24-23(19-12-18(29)13-20(30)22(19)28)35-25(17-6-7-17)36(24)15-39-10-11-40(3,4)5/h8-9,12-13,16-17H,6-7,10-11,14-15,30H2,1-5H3,(H,33,37)(H,31,32,34)/t16-/m0/s1. The number of rotatable bonds is 12. The summed E-state index contributed by atoms with van der Waals surface area (Å²) in [5.74, 6) is 0.962. The Hall–Kier alpha value is -3.22. The van der Waals surface area contributed by atoms with Crippen LogP contribution in [0.25, 0.3) is 22.6 Å². The van der Waals surface area contributed by atoms with Crippen molar-refractivity contribution >= 4 is 37.4 Å². The molecule has 40 heavy (non-hydrogen) atoms. The van der Waals surface area contributed by atoms with Gasteiger partial charge in [0.15, 0.2) is 0 Å². The first-order chi connectivity index (χ1) is 19.0. The topological polar surface area (TPSA) is 129 Å². The van der Waals surface area contributed by atoms with Gasteiger partial charge in [0.2, 0.25) is 5.95 Å². The number of aromatic nitrogens is 4. The van der Waals surface area contributed by atoms with Gasteiger partial charge in [-0.2, -0.15) is 0 Å². The summed E-state index contributed by atoms with van der Waals surface area (Å²) in [5.41, 5.74) is 8.25. The molecule has 1 aliphatic carbocycles. The zero-order valence-corrected chi connectivity index (χ0v) is 25.3. The van der Waals surface area contributed by atoms with Crippen LogP contribution in [-0.4, -0.2) is 60.0 Å². The number of nitrogens with two attached hydrogens (primary N) is 1. The fraction of sp³-hybridized carbons (Fsp3) is 0.481. The normalized spacial score (nSPS) is 14.2. The molecule has 216 valence electrons. The van der Waals surface area contributed by atoms with Crippen molar-refractivity contribution in [2.24, 2.45) is 0 Å². The summed E-state index contributed by atoms with van der Waals surface area (Å²) in [6, 6.07) is 5.09. The minimum atomic E-state index is -1.29. The average Bonchev–Trinajstić information content (AvgIpc) is 3.67. The van der Waals surface area contributed by atoms with Crippen molar-refractivity contribution in [1.29, 1.82) is 0 Å². The highest BCUT2D eigenvalue weighted by Crippen LogP contribution is 2.45. The van der Waals surface area contributed by atoms with Crippen molar-refractivity contribution in [2.75, 3.05) is 31.3 Å². The van der Waals surface area contributed by atoms with Crippen molar-refractivity contribution in [3.05, 3.63) is 41.1 Å². The Bertz CT molecular complexity index is 1360. The number of amides is 1. The molecule has 1 aliphatic rings. The van der Waals surface area contributed by atoms with Gasteiger partial charge in [-0.05, 0) is 44.0 Å². The average molecular weight is 590 g/mol. The van der Waals surface area contributed by atoms with Crippen molar-refractivity contribution in [2.45, 2.75) is 64.1 Å². The second-order valence-electron chi connectivity index (χ2n) is 11.3. The number of alkyl carbamates (subject to hydrolysis) is 1. The van der Waals surface area contributed by atoms with Crippen molar-refractivity contribution in [1.82, 2.24) is 24.8 Å². The summed E-state index contributed by atoms with van der Waals surface area (Å²) in [4.78, 5) is 25.6. The van der Waals surface area contributed by atoms with E-state index in [9.17, 15) is 9.18 Å². The van der Waals surface area contributed by atoms with Gasteiger partial charge >= 0.3 is 6.09 Å². The first kappa shape index (κ1) is 29.8. The van der Waals surface area contributed by atoms with E-state index in [0.717, 1.165) is 24.7 Å². The summed E-state index contributed by atoms with van der Waals surface area (Å²) in [6.07, 6.45) is 3.12. The van der Waals surface area contributed by atoms with E-state index in [1.165, 1.54) is 19.2 Å². The zero-order valence-electron chi connectivity index (χ0n) is 23.6. The number of methoxy groups -OCH3 is 1. The number of imidazole rings is 1. The van der Waals surface area contributed by atoms with Crippen LogP contribution in [0, 0.1) is 5.82 Å². The molecular formula is C27H37ClFN7O3Si. The number of halogens is 2. The van der Waals surface area contributed by atoms with Gasteiger partial charge in [0.25, 0.3) is 0 Å². The second-order valence-corrected chi connectivity index (χ2v) is 17.3. The zero-order chi connectivity index (χ0) is 29.0. The first-order valence-corrected chi connectivity index (χ1v) is 17.4. The number of nitrogens with one attached hydrogen (secondary N) is 2. The van der Waals surface area contributed by atoms with Gasteiger partial charge in [-0.15, -0.1) is 0 Å². The van der Waals surface area contributed by atoms with E-state index in [1.54, 1.807) is 12.3 Å². The molecule has 2 aromatic heterocycles. The molecule has 2 heterocycles. The maximum absolute atomic E-state index is 14.6. The summed E-state index contributed by atoms with van der Waals surface area (Å²) >= 11 is 6.60. The molecule has 1 saturated carbocycles. The highest BCUT2D eigenvalue weighted by Gasteiger charge is 2.33. The lowest BCUT2D eigenvalue weighted by molar-refractivity contribution is 0.0861. The second kappa shape index (κ2) is 12.5. The molecule has 4 N–H and O–H groups in total. The fourth-order valence-electron chi connectivity index (χ4n) is 4.15. The van der Waals surface area contributed by atoms with E-state index in [4.69, 9.17) is 32.0 Å². The van der Waals surface area contributed by atoms with E-state index in [2.05, 4.69) is 40.0 Å². The van der Waals surface area contributed by atoms with Crippen LogP contribution in [0.3, 0.4) is 0 Å². The largest absolute Gasteiger partial charge is 0.453 e. The Balaban J connectivity index is 1.75. The molecule has 0 unspecified atom stereocenters. The third-order valence-corrected chi connectivity index (χ3v) is 8.62. The number of anilines is 2. The van der Waals surface area contributed by atoms with Gasteiger partial charge < -0.3 is 30.4 Å². The van der Waals surface area contributed by atoms with Crippen LogP contribution >= 0.6 is 11.6 Å². The summed E-state index contributed by atoms with van der Waals surface area (Å²) < 4.78 is 27.4. The van der Waals surface area contributed by atoms with E-state index >= 15 is 0 Å². The molecule has 10 nitrogen and oxygen atoms in total. The van der Waals surface area contributed by atoms with E-state index in [-0.39, 0.29) is 29.4 Å². The van der Waals surface area contributed by atoms with E-state index < -0.39 is 20.0 Å². The molecule has 1 fully saturated rings. The molecule has 1 aromatic carbocycles. The van der Waals surface area contributed by atoms with E-state index in [0.29, 0.717) is 41.7 Å². The molecule has 0 radical (unpaired) electrons. The van der Waals surface area contributed by atoms with Crippen LogP contribution in [0.15, 0.2) is 24.4 Å². The number of nitrogens with zero attached hydrogens (tertiary/aromatic N) is 4. The minimum absolute atomic E-state index is 0.133. The third kappa shape index (κ3) is 7.49. The van der Waals surface area contributed by atoms with Crippen LogP contribution in [0.2, 0.25) is 30.7 Å². The number of nitrogen functional groups attached to an aromatic ring is 1. The number of hydrogen-bond donors (Lipinski definition) is 3. The Labute approximate surface area is 239 Å². The number of carbonyl (C=O) groups is 1. The Morgan fingerprint density at radius 2 is 2.05 bits per heavy atom. The molecule has 13 heteroatoms. The monoisotopic (exact) mass is 589 g/mol. The number of benzene rings is 1. The SMILES string of the molecule is COC(=O)N[C@@H](C)CNc1nccc(-c2c(-c3cc(F)cc(N)c3Cl)nc(C3CC3)n2COCC[Si](C)(C)C)n1. The lowest BCUT2D eigenvalue weighted by Crippen LogP contribution is -2.37. The maximum atomic E-state index is 14.6.